The summed E-state index contributed by atoms with van der Waals surface area (Å²) < 4.78 is 14.6. The second-order valence-electron chi connectivity index (χ2n) is 7.07. The number of anilines is 1. The normalized spacial score (nSPS) is 11.0. The van der Waals surface area contributed by atoms with E-state index in [0.717, 1.165) is 32.1 Å². The molecule has 0 spiro atoms. The van der Waals surface area contributed by atoms with Crippen LogP contribution in [0.15, 0.2) is 53.3 Å². The molecule has 3 aromatic rings. The molecule has 1 heterocycles. The molecule has 0 unspecified atom stereocenters. The number of para-hydroxylation sites is 1. The van der Waals surface area contributed by atoms with Gasteiger partial charge in [-0.05, 0) is 42.8 Å². The van der Waals surface area contributed by atoms with Crippen molar-refractivity contribution in [2.24, 2.45) is 0 Å². The molecule has 3 rings (SSSR count). The number of carbonyl (C=O) groups is 1. The Kier molecular flexibility index (Phi) is 6.65. The number of nitrogens with one attached hydrogen (secondary N) is 1. The van der Waals surface area contributed by atoms with E-state index < -0.39 is 17.3 Å². The Balaban J connectivity index is 1.96. The van der Waals surface area contributed by atoms with Crippen LogP contribution in [0.4, 0.5) is 10.1 Å². The molecule has 6 heteroatoms. The molecule has 0 aliphatic carbocycles. The number of rotatable bonds is 8. The van der Waals surface area contributed by atoms with Gasteiger partial charge in [-0.1, -0.05) is 44.7 Å². The molecule has 29 heavy (non-hydrogen) atoms. The summed E-state index contributed by atoms with van der Waals surface area (Å²) >= 11 is 0. The third-order valence-corrected chi connectivity index (χ3v) is 4.96. The van der Waals surface area contributed by atoms with Gasteiger partial charge in [-0.2, -0.15) is 0 Å². The fourth-order valence-electron chi connectivity index (χ4n) is 3.42. The van der Waals surface area contributed by atoms with E-state index >= 15 is 0 Å². The molecule has 5 nitrogen and oxygen atoms in total. The van der Waals surface area contributed by atoms with Gasteiger partial charge in [0.2, 0.25) is 0 Å². The largest absolute Gasteiger partial charge is 0.506 e. The number of fused-ring (bicyclic) bond motifs is 1. The molecule has 1 aromatic heterocycles. The Labute approximate surface area is 168 Å². The lowest BCUT2D eigenvalue weighted by atomic mass is 10.1. The first kappa shape index (κ1) is 20.6. The quantitative estimate of drug-likeness (QED) is 0.522. The summed E-state index contributed by atoms with van der Waals surface area (Å²) in [7, 11) is 0. The average molecular weight is 396 g/mol. The molecule has 0 radical (unpaired) electrons. The molecule has 0 bridgehead atoms. The van der Waals surface area contributed by atoms with Gasteiger partial charge in [0.05, 0.1) is 5.52 Å². The number of carbonyl (C=O) groups excluding carboxylic acids is 1. The first-order valence-corrected chi connectivity index (χ1v) is 9.94. The second kappa shape index (κ2) is 9.37. The molecule has 0 aliphatic heterocycles. The van der Waals surface area contributed by atoms with E-state index in [0.29, 0.717) is 23.1 Å². The predicted octanol–water partition coefficient (Wildman–Crippen LogP) is 5.07. The smallest absolute Gasteiger partial charge is 0.267 e. The molecule has 0 fully saturated rings. The van der Waals surface area contributed by atoms with Gasteiger partial charge in [0.25, 0.3) is 11.5 Å². The van der Waals surface area contributed by atoms with Crippen LogP contribution in [0.5, 0.6) is 5.75 Å². The summed E-state index contributed by atoms with van der Waals surface area (Å²) in [6.45, 7) is 2.62. The van der Waals surface area contributed by atoms with Gasteiger partial charge < -0.3 is 15.0 Å². The third-order valence-electron chi connectivity index (χ3n) is 4.96. The number of benzene rings is 2. The Bertz CT molecular complexity index is 1060. The maximum absolute atomic E-state index is 13.1. The number of pyridine rings is 1. The summed E-state index contributed by atoms with van der Waals surface area (Å²) in [5.41, 5.74) is 0.108. The van der Waals surface area contributed by atoms with Gasteiger partial charge in [-0.25, -0.2) is 4.39 Å². The summed E-state index contributed by atoms with van der Waals surface area (Å²) in [6, 6.07) is 12.2. The van der Waals surface area contributed by atoms with Crippen LogP contribution < -0.4 is 10.9 Å². The van der Waals surface area contributed by atoms with E-state index in [-0.39, 0.29) is 11.3 Å². The van der Waals surface area contributed by atoms with Crippen molar-refractivity contribution in [3.05, 3.63) is 70.3 Å². The van der Waals surface area contributed by atoms with Crippen molar-refractivity contribution in [2.75, 3.05) is 5.32 Å². The van der Waals surface area contributed by atoms with Gasteiger partial charge in [0, 0.05) is 17.6 Å². The number of unbranched alkanes of at least 4 members (excludes halogenated alkanes) is 4. The van der Waals surface area contributed by atoms with Gasteiger partial charge in [0.15, 0.2) is 0 Å². The standard InChI is InChI=1S/C23H25FN2O3/c1-2-3-4-5-8-15-26-19-10-7-6-9-18(19)21(27)20(23(26)29)22(28)25-17-13-11-16(24)12-14-17/h6-7,9-14,27H,2-5,8,15H2,1H3,(H,25,28). The van der Waals surface area contributed by atoms with Gasteiger partial charge in [0.1, 0.15) is 17.1 Å². The summed E-state index contributed by atoms with van der Waals surface area (Å²) in [6.07, 6.45) is 5.19. The van der Waals surface area contributed by atoms with Gasteiger partial charge >= 0.3 is 0 Å². The molecule has 152 valence electrons. The monoisotopic (exact) mass is 396 g/mol. The van der Waals surface area contributed by atoms with Crippen LogP contribution in [-0.2, 0) is 6.54 Å². The van der Waals surface area contributed by atoms with E-state index in [1.165, 1.54) is 24.3 Å². The highest BCUT2D eigenvalue weighted by atomic mass is 19.1. The third kappa shape index (κ3) is 4.65. The molecule has 2 N–H and O–H groups in total. The van der Waals surface area contributed by atoms with Crippen LogP contribution in [0, 0.1) is 5.82 Å². The zero-order chi connectivity index (χ0) is 20.8. The lowest BCUT2D eigenvalue weighted by Crippen LogP contribution is -2.30. The SMILES string of the molecule is CCCCCCCn1c(=O)c(C(=O)Nc2ccc(F)cc2)c(O)c2ccccc21. The van der Waals surface area contributed by atoms with Crippen LogP contribution in [0.2, 0.25) is 0 Å². The minimum absolute atomic E-state index is 0.304. The van der Waals surface area contributed by atoms with Crippen molar-refractivity contribution < 1.29 is 14.3 Å². The van der Waals surface area contributed by atoms with Crippen molar-refractivity contribution in [2.45, 2.75) is 45.6 Å². The Morgan fingerprint density at radius 1 is 1.03 bits per heavy atom. The molecule has 0 aliphatic rings. The predicted molar refractivity (Wildman–Crippen MR) is 113 cm³/mol. The van der Waals surface area contributed by atoms with Crippen LogP contribution in [-0.4, -0.2) is 15.6 Å². The van der Waals surface area contributed by atoms with Crippen molar-refractivity contribution in [3.8, 4) is 5.75 Å². The Morgan fingerprint density at radius 3 is 2.45 bits per heavy atom. The van der Waals surface area contributed by atoms with Gasteiger partial charge in [-0.15, -0.1) is 0 Å². The summed E-state index contributed by atoms with van der Waals surface area (Å²) in [5, 5.41) is 13.7. The van der Waals surface area contributed by atoms with Crippen LogP contribution in [0.1, 0.15) is 49.4 Å². The molecule has 0 saturated carbocycles. The zero-order valence-corrected chi connectivity index (χ0v) is 16.5. The number of hydrogen-bond donors (Lipinski definition) is 2. The van der Waals surface area contributed by atoms with Crippen LogP contribution in [0.25, 0.3) is 10.9 Å². The highest BCUT2D eigenvalue weighted by Gasteiger charge is 2.22. The maximum Gasteiger partial charge on any atom is 0.267 e. The minimum atomic E-state index is -0.718. The molecule has 2 aromatic carbocycles. The molecule has 1 amide bonds. The zero-order valence-electron chi connectivity index (χ0n) is 16.5. The maximum atomic E-state index is 13.1. The highest BCUT2D eigenvalue weighted by molar-refractivity contribution is 6.09. The Morgan fingerprint density at radius 2 is 1.72 bits per heavy atom. The number of aromatic hydroxyl groups is 1. The van der Waals surface area contributed by atoms with Crippen molar-refractivity contribution in [1.82, 2.24) is 4.57 Å². The number of halogens is 1. The fourth-order valence-corrected chi connectivity index (χ4v) is 3.42. The average Bonchev–Trinajstić information content (AvgIpc) is 2.72. The topological polar surface area (TPSA) is 71.3 Å². The number of hydrogen-bond acceptors (Lipinski definition) is 3. The van der Waals surface area contributed by atoms with E-state index in [4.69, 9.17) is 0 Å². The second-order valence-corrected chi connectivity index (χ2v) is 7.07. The molecule has 0 saturated heterocycles. The van der Waals surface area contributed by atoms with E-state index in [9.17, 15) is 19.1 Å². The van der Waals surface area contributed by atoms with Crippen molar-refractivity contribution in [3.63, 3.8) is 0 Å². The highest BCUT2D eigenvalue weighted by Crippen LogP contribution is 2.27. The van der Waals surface area contributed by atoms with Crippen molar-refractivity contribution in [1.29, 1.82) is 0 Å². The van der Waals surface area contributed by atoms with E-state index in [1.807, 2.05) is 0 Å². The molecular weight excluding hydrogens is 371 g/mol. The molecule has 0 atom stereocenters. The lowest BCUT2D eigenvalue weighted by molar-refractivity contribution is 0.102. The van der Waals surface area contributed by atoms with E-state index in [1.54, 1.807) is 28.8 Å². The number of aromatic nitrogens is 1. The minimum Gasteiger partial charge on any atom is -0.506 e. The van der Waals surface area contributed by atoms with Crippen LogP contribution in [0.3, 0.4) is 0 Å². The number of nitrogens with zero attached hydrogens (tertiary/aromatic N) is 1. The first-order valence-electron chi connectivity index (χ1n) is 9.94. The molecular formula is C23H25FN2O3. The fraction of sp³-hybridized carbons (Fsp3) is 0.304. The Hall–Kier alpha value is -3.15. The van der Waals surface area contributed by atoms with Crippen LogP contribution >= 0.6 is 0 Å². The van der Waals surface area contributed by atoms with E-state index in [2.05, 4.69) is 12.2 Å². The van der Waals surface area contributed by atoms with Crippen molar-refractivity contribution >= 4 is 22.5 Å². The number of amides is 1. The first-order chi connectivity index (χ1) is 14.0. The van der Waals surface area contributed by atoms with Gasteiger partial charge in [-0.3, -0.25) is 9.59 Å². The number of aryl methyl sites for hydroxylation is 1. The summed E-state index contributed by atoms with van der Waals surface area (Å²) in [5.74, 6) is -1.49. The lowest BCUT2D eigenvalue weighted by Gasteiger charge is -2.15. The summed E-state index contributed by atoms with van der Waals surface area (Å²) in [4.78, 5) is 25.9.